The molecule has 1 atom stereocenters. The van der Waals surface area contributed by atoms with Gasteiger partial charge in [-0.05, 0) is 25.1 Å². The van der Waals surface area contributed by atoms with Gasteiger partial charge < -0.3 is 19.5 Å². The summed E-state index contributed by atoms with van der Waals surface area (Å²) in [6.07, 6.45) is 0. The number of rotatable bonds is 6. The first-order valence-electron chi connectivity index (χ1n) is 6.06. The molecule has 0 fully saturated rings. The maximum atomic E-state index is 5.50. The van der Waals surface area contributed by atoms with Gasteiger partial charge in [0.2, 0.25) is 5.75 Å². The highest BCUT2D eigenvalue weighted by atomic mass is 16.5. The largest absolute Gasteiger partial charge is 0.493 e. The lowest BCUT2D eigenvalue weighted by Gasteiger charge is -2.24. The lowest BCUT2D eigenvalue weighted by Crippen LogP contribution is -2.22. The molecule has 4 heteroatoms. The minimum atomic E-state index is 0.208. The molecule has 18 heavy (non-hydrogen) atoms. The highest BCUT2D eigenvalue weighted by Crippen LogP contribution is 2.43. The molecule has 0 amide bonds. The molecule has 1 aromatic rings. The molecule has 0 aliphatic heterocycles. The van der Waals surface area contributed by atoms with E-state index >= 15 is 0 Å². The molecule has 4 nitrogen and oxygen atoms in total. The molecule has 0 bridgehead atoms. The van der Waals surface area contributed by atoms with E-state index in [1.54, 1.807) is 21.3 Å². The van der Waals surface area contributed by atoms with Crippen LogP contribution in [0.25, 0.3) is 0 Å². The fourth-order valence-electron chi connectivity index (χ4n) is 2.22. The molecule has 1 aromatic carbocycles. The van der Waals surface area contributed by atoms with E-state index in [4.69, 9.17) is 14.2 Å². The molecular formula is C14H23NO3. The van der Waals surface area contributed by atoms with E-state index in [-0.39, 0.29) is 6.04 Å². The van der Waals surface area contributed by atoms with Gasteiger partial charge in [-0.2, -0.15) is 0 Å². The standard InChI is InChI=1S/C14H23NO3/c1-9(2)12(15-3)10-7-8-11(16-4)14(18-6)13(10)17-5/h7-9,12,15H,1-6H3. The number of ether oxygens (including phenoxy) is 3. The van der Waals surface area contributed by atoms with Gasteiger partial charge in [0.05, 0.1) is 21.3 Å². The molecular weight excluding hydrogens is 230 g/mol. The third-order valence-corrected chi connectivity index (χ3v) is 3.05. The molecule has 0 saturated carbocycles. The number of hydrogen-bond acceptors (Lipinski definition) is 4. The Labute approximate surface area is 109 Å². The van der Waals surface area contributed by atoms with Gasteiger partial charge in [0.25, 0.3) is 0 Å². The Balaban J connectivity index is 3.36. The molecule has 1 N–H and O–H groups in total. The van der Waals surface area contributed by atoms with Gasteiger partial charge >= 0.3 is 0 Å². The van der Waals surface area contributed by atoms with Gasteiger partial charge in [-0.25, -0.2) is 0 Å². The Morgan fingerprint density at radius 2 is 1.56 bits per heavy atom. The van der Waals surface area contributed by atoms with Gasteiger partial charge in [0.15, 0.2) is 11.5 Å². The SMILES string of the molecule is CNC(c1ccc(OC)c(OC)c1OC)C(C)C. The van der Waals surface area contributed by atoms with E-state index in [0.717, 1.165) is 11.3 Å². The van der Waals surface area contributed by atoms with Crippen molar-refractivity contribution in [3.63, 3.8) is 0 Å². The predicted octanol–water partition coefficient (Wildman–Crippen LogP) is 2.63. The van der Waals surface area contributed by atoms with E-state index in [2.05, 4.69) is 19.2 Å². The lowest BCUT2D eigenvalue weighted by atomic mass is 9.95. The molecule has 0 aromatic heterocycles. The second-order valence-electron chi connectivity index (χ2n) is 4.43. The van der Waals surface area contributed by atoms with Crippen LogP contribution in [0.3, 0.4) is 0 Å². The molecule has 102 valence electrons. The average Bonchev–Trinajstić information content (AvgIpc) is 2.38. The fourth-order valence-corrected chi connectivity index (χ4v) is 2.22. The molecule has 0 heterocycles. The van der Waals surface area contributed by atoms with Crippen molar-refractivity contribution in [3.8, 4) is 17.2 Å². The molecule has 0 spiro atoms. The summed E-state index contributed by atoms with van der Waals surface area (Å²) in [6, 6.07) is 4.13. The zero-order valence-corrected chi connectivity index (χ0v) is 12.0. The van der Waals surface area contributed by atoms with E-state index in [1.165, 1.54) is 0 Å². The number of nitrogens with one attached hydrogen (secondary N) is 1. The summed E-state index contributed by atoms with van der Waals surface area (Å²) in [6.45, 7) is 4.33. The van der Waals surface area contributed by atoms with Crippen LogP contribution >= 0.6 is 0 Å². The van der Waals surface area contributed by atoms with Crippen molar-refractivity contribution in [1.82, 2.24) is 5.32 Å². The van der Waals surface area contributed by atoms with Crippen LogP contribution < -0.4 is 19.5 Å². The number of methoxy groups -OCH3 is 3. The third-order valence-electron chi connectivity index (χ3n) is 3.05. The van der Waals surface area contributed by atoms with Gasteiger partial charge in [0, 0.05) is 11.6 Å². The summed E-state index contributed by atoms with van der Waals surface area (Å²) in [5, 5.41) is 3.30. The summed E-state index contributed by atoms with van der Waals surface area (Å²) < 4.78 is 16.2. The number of hydrogen-bond donors (Lipinski definition) is 1. The summed E-state index contributed by atoms with van der Waals surface area (Å²) in [7, 11) is 6.83. The van der Waals surface area contributed by atoms with Crippen LogP contribution in [0.5, 0.6) is 17.2 Å². The molecule has 0 radical (unpaired) electrons. The molecule has 1 rings (SSSR count). The summed E-state index contributed by atoms with van der Waals surface area (Å²) in [5.74, 6) is 2.49. The zero-order valence-electron chi connectivity index (χ0n) is 12.0. The Kier molecular flexibility index (Phi) is 5.28. The van der Waals surface area contributed by atoms with Gasteiger partial charge in [-0.1, -0.05) is 13.8 Å². The van der Waals surface area contributed by atoms with Crippen LogP contribution in [0.2, 0.25) is 0 Å². The highest BCUT2D eigenvalue weighted by molar-refractivity contribution is 5.56. The van der Waals surface area contributed by atoms with Crippen molar-refractivity contribution in [2.75, 3.05) is 28.4 Å². The smallest absolute Gasteiger partial charge is 0.203 e. The minimum Gasteiger partial charge on any atom is -0.493 e. The lowest BCUT2D eigenvalue weighted by molar-refractivity contribution is 0.315. The Morgan fingerprint density at radius 1 is 0.944 bits per heavy atom. The van der Waals surface area contributed by atoms with Gasteiger partial charge in [-0.3, -0.25) is 0 Å². The maximum Gasteiger partial charge on any atom is 0.203 e. The van der Waals surface area contributed by atoms with Crippen LogP contribution in [0.1, 0.15) is 25.5 Å². The first-order chi connectivity index (χ1) is 8.60. The molecule has 0 saturated heterocycles. The third kappa shape index (κ3) is 2.70. The molecule has 1 unspecified atom stereocenters. The van der Waals surface area contributed by atoms with Crippen molar-refractivity contribution < 1.29 is 14.2 Å². The normalized spacial score (nSPS) is 12.4. The maximum absolute atomic E-state index is 5.50. The van der Waals surface area contributed by atoms with E-state index in [0.29, 0.717) is 17.4 Å². The topological polar surface area (TPSA) is 39.7 Å². The average molecular weight is 253 g/mol. The van der Waals surface area contributed by atoms with Crippen LogP contribution in [-0.4, -0.2) is 28.4 Å². The number of benzene rings is 1. The molecule has 0 aliphatic carbocycles. The van der Waals surface area contributed by atoms with Crippen LogP contribution in [0.4, 0.5) is 0 Å². The van der Waals surface area contributed by atoms with Gasteiger partial charge in [0.1, 0.15) is 0 Å². The van der Waals surface area contributed by atoms with E-state index in [9.17, 15) is 0 Å². The predicted molar refractivity (Wildman–Crippen MR) is 72.7 cm³/mol. The second-order valence-corrected chi connectivity index (χ2v) is 4.43. The quantitative estimate of drug-likeness (QED) is 0.846. The van der Waals surface area contributed by atoms with Crippen molar-refractivity contribution in [1.29, 1.82) is 0 Å². The van der Waals surface area contributed by atoms with Gasteiger partial charge in [-0.15, -0.1) is 0 Å². The van der Waals surface area contributed by atoms with E-state index in [1.807, 2.05) is 19.2 Å². The zero-order chi connectivity index (χ0) is 13.7. The second kappa shape index (κ2) is 6.50. The van der Waals surface area contributed by atoms with Crippen LogP contribution in [0.15, 0.2) is 12.1 Å². The van der Waals surface area contributed by atoms with Crippen molar-refractivity contribution in [2.45, 2.75) is 19.9 Å². The minimum absolute atomic E-state index is 0.208. The summed E-state index contributed by atoms with van der Waals surface area (Å²) in [5.41, 5.74) is 1.08. The summed E-state index contributed by atoms with van der Waals surface area (Å²) >= 11 is 0. The monoisotopic (exact) mass is 253 g/mol. The fraction of sp³-hybridized carbons (Fsp3) is 0.571. The first-order valence-corrected chi connectivity index (χ1v) is 6.06. The highest BCUT2D eigenvalue weighted by Gasteiger charge is 2.23. The Morgan fingerprint density at radius 3 is 1.94 bits per heavy atom. The Bertz CT molecular complexity index is 391. The van der Waals surface area contributed by atoms with E-state index < -0.39 is 0 Å². The van der Waals surface area contributed by atoms with Crippen LogP contribution in [0, 0.1) is 5.92 Å². The Hall–Kier alpha value is -1.42. The molecule has 0 aliphatic rings. The summed E-state index contributed by atoms with van der Waals surface area (Å²) in [4.78, 5) is 0. The first kappa shape index (κ1) is 14.6. The van der Waals surface area contributed by atoms with Crippen LogP contribution in [-0.2, 0) is 0 Å². The van der Waals surface area contributed by atoms with Crippen molar-refractivity contribution >= 4 is 0 Å². The van der Waals surface area contributed by atoms with Crippen molar-refractivity contribution in [3.05, 3.63) is 17.7 Å². The van der Waals surface area contributed by atoms with Crippen molar-refractivity contribution in [2.24, 2.45) is 5.92 Å².